The van der Waals surface area contributed by atoms with Gasteiger partial charge in [0.1, 0.15) is 5.60 Å². The van der Waals surface area contributed by atoms with E-state index in [9.17, 15) is 14.7 Å². The van der Waals surface area contributed by atoms with E-state index in [1.807, 2.05) is 0 Å². The molecule has 8 heteroatoms. The molecule has 2 heterocycles. The van der Waals surface area contributed by atoms with Gasteiger partial charge in [0.15, 0.2) is 0 Å². The SMILES string of the molecule is CCOC(=O)C1(O)ON=C2CCN(C(=O)OC(C)(C)C)CC21. The highest BCUT2D eigenvalue weighted by Crippen LogP contribution is 2.34. The molecule has 2 atom stereocenters. The first kappa shape index (κ1) is 16.5. The Bertz CT molecular complexity index is 498. The fourth-order valence-electron chi connectivity index (χ4n) is 2.40. The second kappa shape index (κ2) is 5.75. The lowest BCUT2D eigenvalue weighted by Crippen LogP contribution is -2.56. The van der Waals surface area contributed by atoms with E-state index < -0.39 is 29.4 Å². The summed E-state index contributed by atoms with van der Waals surface area (Å²) in [4.78, 5) is 30.4. The van der Waals surface area contributed by atoms with Crippen LogP contribution in [0.5, 0.6) is 0 Å². The van der Waals surface area contributed by atoms with E-state index in [0.717, 1.165) is 0 Å². The van der Waals surface area contributed by atoms with Gasteiger partial charge in [-0.2, -0.15) is 0 Å². The summed E-state index contributed by atoms with van der Waals surface area (Å²) in [6.07, 6.45) is -0.0873. The number of aliphatic hydroxyl groups is 1. The highest BCUT2D eigenvalue weighted by molar-refractivity contribution is 5.96. The summed E-state index contributed by atoms with van der Waals surface area (Å²) in [5.74, 6) is -3.82. The molecule has 0 aromatic rings. The maximum Gasteiger partial charge on any atom is 0.410 e. The summed E-state index contributed by atoms with van der Waals surface area (Å²) in [5, 5.41) is 14.2. The molecule has 2 rings (SSSR count). The molecule has 0 radical (unpaired) electrons. The molecule has 1 amide bonds. The van der Waals surface area contributed by atoms with Crippen LogP contribution >= 0.6 is 0 Å². The Labute approximate surface area is 129 Å². The highest BCUT2D eigenvalue weighted by atomic mass is 16.8. The van der Waals surface area contributed by atoms with Crippen molar-refractivity contribution in [3.8, 4) is 0 Å². The van der Waals surface area contributed by atoms with Crippen LogP contribution < -0.4 is 0 Å². The lowest BCUT2D eigenvalue weighted by Gasteiger charge is -2.35. The average Bonchev–Trinajstić information content (AvgIpc) is 2.76. The number of ether oxygens (including phenoxy) is 2. The van der Waals surface area contributed by atoms with Crippen molar-refractivity contribution >= 4 is 17.8 Å². The summed E-state index contributed by atoms with van der Waals surface area (Å²) in [6.45, 7) is 7.55. The van der Waals surface area contributed by atoms with Crippen molar-refractivity contribution in [3.63, 3.8) is 0 Å². The average molecular weight is 314 g/mol. The quantitative estimate of drug-likeness (QED) is 0.760. The number of likely N-dealkylation sites (tertiary alicyclic amines) is 1. The molecule has 1 N–H and O–H groups in total. The Morgan fingerprint density at radius 1 is 1.50 bits per heavy atom. The third kappa shape index (κ3) is 3.16. The minimum atomic E-state index is -2.17. The van der Waals surface area contributed by atoms with E-state index in [1.54, 1.807) is 27.7 Å². The number of fused-ring (bicyclic) bond motifs is 1. The topological polar surface area (TPSA) is 97.7 Å². The van der Waals surface area contributed by atoms with Gasteiger partial charge >= 0.3 is 17.8 Å². The summed E-state index contributed by atoms with van der Waals surface area (Å²) in [6, 6.07) is 0. The first-order valence-electron chi connectivity index (χ1n) is 7.30. The van der Waals surface area contributed by atoms with Gasteiger partial charge in [-0.3, -0.25) is 0 Å². The summed E-state index contributed by atoms with van der Waals surface area (Å²) >= 11 is 0. The number of rotatable bonds is 2. The second-order valence-corrected chi connectivity index (χ2v) is 6.32. The predicted molar refractivity (Wildman–Crippen MR) is 76.0 cm³/mol. The molecule has 22 heavy (non-hydrogen) atoms. The molecule has 0 saturated carbocycles. The van der Waals surface area contributed by atoms with Crippen LogP contribution in [-0.2, 0) is 19.1 Å². The van der Waals surface area contributed by atoms with Crippen molar-refractivity contribution in [3.05, 3.63) is 0 Å². The van der Waals surface area contributed by atoms with Crippen LogP contribution in [0.15, 0.2) is 5.16 Å². The molecule has 2 unspecified atom stereocenters. The maximum atomic E-state index is 12.1. The summed E-state index contributed by atoms with van der Waals surface area (Å²) in [7, 11) is 0. The predicted octanol–water partition coefficient (Wildman–Crippen LogP) is 0.881. The van der Waals surface area contributed by atoms with Gasteiger partial charge in [-0.15, -0.1) is 0 Å². The minimum Gasteiger partial charge on any atom is -0.461 e. The standard InChI is InChI=1S/C14H22N2O6/c1-5-20-11(17)14(19)9-8-16(7-6-10(9)15-22-14)12(18)21-13(2,3)4/h9,19H,5-8H2,1-4H3. The molecule has 2 aliphatic rings. The lowest BCUT2D eigenvalue weighted by molar-refractivity contribution is -0.232. The van der Waals surface area contributed by atoms with Gasteiger partial charge in [-0.1, -0.05) is 5.16 Å². The van der Waals surface area contributed by atoms with Crippen LogP contribution in [0.4, 0.5) is 4.79 Å². The van der Waals surface area contributed by atoms with Crippen molar-refractivity contribution in [1.29, 1.82) is 0 Å². The summed E-state index contributed by atoms with van der Waals surface area (Å²) in [5.41, 5.74) is -0.0647. The first-order chi connectivity index (χ1) is 10.2. The van der Waals surface area contributed by atoms with Crippen LogP contribution in [0.25, 0.3) is 0 Å². The van der Waals surface area contributed by atoms with E-state index in [-0.39, 0.29) is 13.2 Å². The van der Waals surface area contributed by atoms with Gasteiger partial charge < -0.3 is 24.3 Å². The number of nitrogens with zero attached hydrogens (tertiary/aromatic N) is 2. The van der Waals surface area contributed by atoms with Crippen molar-refractivity contribution in [2.45, 2.75) is 45.5 Å². The third-order valence-electron chi connectivity index (χ3n) is 3.44. The summed E-state index contributed by atoms with van der Waals surface area (Å²) < 4.78 is 10.1. The van der Waals surface area contributed by atoms with Gasteiger partial charge in [-0.05, 0) is 27.7 Å². The molecule has 2 aliphatic heterocycles. The van der Waals surface area contributed by atoms with Gasteiger partial charge in [0.05, 0.1) is 18.2 Å². The molecule has 0 bridgehead atoms. The first-order valence-corrected chi connectivity index (χ1v) is 7.30. The van der Waals surface area contributed by atoms with E-state index >= 15 is 0 Å². The molecule has 1 saturated heterocycles. The number of carbonyl (C=O) groups excluding carboxylic acids is 2. The van der Waals surface area contributed by atoms with Crippen molar-refractivity contribution in [2.75, 3.05) is 19.7 Å². The molecule has 0 aliphatic carbocycles. The molecule has 124 valence electrons. The normalized spacial score (nSPS) is 27.6. The van der Waals surface area contributed by atoms with E-state index in [0.29, 0.717) is 18.7 Å². The van der Waals surface area contributed by atoms with Crippen LogP contribution in [0.2, 0.25) is 0 Å². The van der Waals surface area contributed by atoms with E-state index in [4.69, 9.17) is 14.3 Å². The van der Waals surface area contributed by atoms with Crippen molar-refractivity contribution in [2.24, 2.45) is 11.1 Å². The second-order valence-electron chi connectivity index (χ2n) is 6.32. The number of piperidine rings is 1. The van der Waals surface area contributed by atoms with Gasteiger partial charge in [-0.25, -0.2) is 9.59 Å². The smallest absolute Gasteiger partial charge is 0.410 e. The molecular formula is C14H22N2O6. The van der Waals surface area contributed by atoms with E-state index in [1.165, 1.54) is 4.90 Å². The number of oxime groups is 1. The Hall–Kier alpha value is -1.83. The zero-order valence-corrected chi connectivity index (χ0v) is 13.3. The van der Waals surface area contributed by atoms with Crippen LogP contribution in [-0.4, -0.2) is 58.9 Å². The third-order valence-corrected chi connectivity index (χ3v) is 3.44. The Morgan fingerprint density at radius 3 is 2.77 bits per heavy atom. The Kier molecular flexibility index (Phi) is 4.32. The van der Waals surface area contributed by atoms with Gasteiger partial charge in [0.2, 0.25) is 0 Å². The van der Waals surface area contributed by atoms with Crippen LogP contribution in [0.1, 0.15) is 34.1 Å². The zero-order chi connectivity index (χ0) is 16.5. The zero-order valence-electron chi connectivity index (χ0n) is 13.3. The minimum absolute atomic E-state index is 0.0864. The fourth-order valence-corrected chi connectivity index (χ4v) is 2.40. The number of hydrogen-bond donors (Lipinski definition) is 1. The van der Waals surface area contributed by atoms with Gasteiger partial charge in [0, 0.05) is 19.5 Å². The monoisotopic (exact) mass is 314 g/mol. The van der Waals surface area contributed by atoms with Crippen LogP contribution in [0, 0.1) is 5.92 Å². The Balaban J connectivity index is 2.10. The molecule has 8 nitrogen and oxygen atoms in total. The van der Waals surface area contributed by atoms with Crippen LogP contribution in [0.3, 0.4) is 0 Å². The largest absolute Gasteiger partial charge is 0.461 e. The molecule has 0 aromatic carbocycles. The number of amides is 1. The van der Waals surface area contributed by atoms with Crippen molar-refractivity contribution < 1.29 is 29.0 Å². The Morgan fingerprint density at radius 2 is 2.18 bits per heavy atom. The van der Waals surface area contributed by atoms with Gasteiger partial charge in [0.25, 0.3) is 0 Å². The molecule has 0 spiro atoms. The molecule has 0 aromatic heterocycles. The van der Waals surface area contributed by atoms with Crippen molar-refractivity contribution in [1.82, 2.24) is 4.90 Å². The molecule has 1 fully saturated rings. The van der Waals surface area contributed by atoms with E-state index in [2.05, 4.69) is 5.16 Å². The molecular weight excluding hydrogens is 292 g/mol. The number of esters is 1. The highest BCUT2D eigenvalue weighted by Gasteiger charge is 2.57. The fraction of sp³-hybridized carbons (Fsp3) is 0.786. The number of carbonyl (C=O) groups is 2. The number of hydrogen-bond acceptors (Lipinski definition) is 7. The maximum absolute atomic E-state index is 12.1. The lowest BCUT2D eigenvalue weighted by atomic mass is 9.88.